The molecule has 0 aliphatic carbocycles. The molecule has 0 fully saturated rings. The van der Waals surface area contributed by atoms with E-state index >= 15 is 0 Å². The number of hydrogen-bond donors (Lipinski definition) is 0. The van der Waals surface area contributed by atoms with Gasteiger partial charge >= 0.3 is 0 Å². The Kier molecular flexibility index (Phi) is 4.57. The fourth-order valence-electron chi connectivity index (χ4n) is 3.65. The third kappa shape index (κ3) is 3.05. The van der Waals surface area contributed by atoms with E-state index in [0.29, 0.717) is 6.61 Å². The predicted octanol–water partition coefficient (Wildman–Crippen LogP) is 4.72. The minimum atomic E-state index is -0.154. The first-order valence-electron chi connectivity index (χ1n) is 9.47. The van der Waals surface area contributed by atoms with Gasteiger partial charge < -0.3 is 9.64 Å². The molecule has 0 radical (unpaired) electrons. The predicted molar refractivity (Wildman–Crippen MR) is 108 cm³/mol. The first-order valence-corrected chi connectivity index (χ1v) is 10.3. The molecule has 0 unspecified atom stereocenters. The molecular weight excluding hydrogens is 344 g/mol. The first kappa shape index (κ1) is 17.6. The zero-order chi connectivity index (χ0) is 18.3. The molecule has 0 amide bonds. The maximum Gasteiger partial charge on any atom is 0.150 e. The summed E-state index contributed by atoms with van der Waals surface area (Å²) in [6.07, 6.45) is 4.74. The molecule has 0 saturated carbocycles. The van der Waals surface area contributed by atoms with Crippen LogP contribution in [0, 0.1) is 0 Å². The number of hydrogen-bond acceptors (Lipinski definition) is 6. The van der Waals surface area contributed by atoms with Crippen molar-refractivity contribution in [3.8, 4) is 0 Å². The van der Waals surface area contributed by atoms with Gasteiger partial charge in [-0.2, -0.15) is 0 Å². The molecule has 3 aromatic rings. The van der Waals surface area contributed by atoms with Crippen LogP contribution in [-0.2, 0) is 17.8 Å². The molecule has 1 aliphatic rings. The van der Waals surface area contributed by atoms with Gasteiger partial charge in [0, 0.05) is 30.8 Å². The number of nitrogens with zero attached hydrogens (tertiary/aromatic N) is 4. The SMILES string of the molecule is CCCN(CCC)c1ncnc2c1sc1cc3c(nc12)CC(C)(C)OC3. The Hall–Kier alpha value is -1.79. The topological polar surface area (TPSA) is 51.1 Å². The summed E-state index contributed by atoms with van der Waals surface area (Å²) >= 11 is 1.76. The van der Waals surface area contributed by atoms with Gasteiger partial charge in [0.05, 0.1) is 21.6 Å². The molecule has 0 spiro atoms. The van der Waals surface area contributed by atoms with Crippen molar-refractivity contribution in [1.82, 2.24) is 15.0 Å². The number of fused-ring (bicyclic) bond motifs is 4. The van der Waals surface area contributed by atoms with Crippen LogP contribution in [-0.4, -0.2) is 33.6 Å². The summed E-state index contributed by atoms with van der Waals surface area (Å²) in [5.41, 5.74) is 4.19. The number of thiophene rings is 1. The molecule has 0 N–H and O–H groups in total. The summed E-state index contributed by atoms with van der Waals surface area (Å²) in [5.74, 6) is 1.05. The van der Waals surface area contributed by atoms with Crippen LogP contribution in [0.2, 0.25) is 0 Å². The molecule has 0 atom stereocenters. The summed E-state index contributed by atoms with van der Waals surface area (Å²) in [6.45, 7) is 11.3. The average Bonchev–Trinajstić information content (AvgIpc) is 2.96. The summed E-state index contributed by atoms with van der Waals surface area (Å²) in [5, 5.41) is 0. The largest absolute Gasteiger partial charge is 0.370 e. The van der Waals surface area contributed by atoms with Gasteiger partial charge in [-0.3, -0.25) is 0 Å². The normalized spacial score (nSPS) is 16.2. The van der Waals surface area contributed by atoms with Gasteiger partial charge in [0.15, 0.2) is 0 Å². The van der Waals surface area contributed by atoms with Gasteiger partial charge in [0.25, 0.3) is 0 Å². The number of aromatic nitrogens is 3. The lowest BCUT2D eigenvalue weighted by Crippen LogP contribution is -2.32. The Morgan fingerprint density at radius 3 is 2.65 bits per heavy atom. The van der Waals surface area contributed by atoms with E-state index in [4.69, 9.17) is 9.72 Å². The molecule has 138 valence electrons. The molecule has 3 aromatic heterocycles. The molecule has 1 aliphatic heterocycles. The van der Waals surface area contributed by atoms with E-state index in [9.17, 15) is 0 Å². The minimum Gasteiger partial charge on any atom is -0.370 e. The van der Waals surface area contributed by atoms with Crippen molar-refractivity contribution in [1.29, 1.82) is 0 Å². The average molecular weight is 371 g/mol. The third-order valence-corrected chi connectivity index (χ3v) is 5.99. The molecule has 5 nitrogen and oxygen atoms in total. The lowest BCUT2D eigenvalue weighted by atomic mass is 9.96. The zero-order valence-corrected chi connectivity index (χ0v) is 16.8. The standard InChI is InChI=1S/C20H26N4OS/c1-5-7-24(8-6-2)19-18-17(21-12-22-19)16-15(26-18)9-13-11-25-20(3,4)10-14(13)23-16/h9,12H,5-8,10-11H2,1-4H3. The maximum absolute atomic E-state index is 5.97. The van der Waals surface area contributed by atoms with Crippen molar-refractivity contribution in [3.05, 3.63) is 23.7 Å². The van der Waals surface area contributed by atoms with Crippen LogP contribution in [0.4, 0.5) is 5.82 Å². The molecule has 4 heterocycles. The van der Waals surface area contributed by atoms with Gasteiger partial charge in [0.2, 0.25) is 0 Å². The van der Waals surface area contributed by atoms with Crippen molar-refractivity contribution in [3.63, 3.8) is 0 Å². The fourth-order valence-corrected chi connectivity index (χ4v) is 4.83. The lowest BCUT2D eigenvalue weighted by molar-refractivity contribution is -0.0411. The van der Waals surface area contributed by atoms with Crippen molar-refractivity contribution >= 4 is 37.6 Å². The smallest absolute Gasteiger partial charge is 0.150 e. The molecule has 4 rings (SSSR count). The van der Waals surface area contributed by atoms with Crippen LogP contribution in [0.1, 0.15) is 51.8 Å². The first-order chi connectivity index (χ1) is 12.5. The Bertz CT molecular complexity index is 944. The highest BCUT2D eigenvalue weighted by molar-refractivity contribution is 7.26. The number of rotatable bonds is 5. The maximum atomic E-state index is 5.97. The van der Waals surface area contributed by atoms with Crippen molar-refractivity contribution in [2.45, 2.75) is 59.2 Å². The second-order valence-electron chi connectivity index (χ2n) is 7.63. The monoisotopic (exact) mass is 370 g/mol. The van der Waals surface area contributed by atoms with Gasteiger partial charge in [0.1, 0.15) is 23.2 Å². The molecule has 6 heteroatoms. The van der Waals surface area contributed by atoms with Crippen LogP contribution >= 0.6 is 11.3 Å². The summed E-state index contributed by atoms with van der Waals surface area (Å²) in [4.78, 5) is 16.6. The highest BCUT2D eigenvalue weighted by Crippen LogP contribution is 2.39. The van der Waals surface area contributed by atoms with E-state index in [-0.39, 0.29) is 5.60 Å². The van der Waals surface area contributed by atoms with Gasteiger partial charge in [-0.1, -0.05) is 13.8 Å². The Labute approximate surface area is 158 Å². The zero-order valence-electron chi connectivity index (χ0n) is 16.0. The third-order valence-electron chi connectivity index (χ3n) is 4.88. The van der Waals surface area contributed by atoms with E-state index in [2.05, 4.69) is 48.6 Å². The van der Waals surface area contributed by atoms with Crippen LogP contribution < -0.4 is 4.90 Å². The van der Waals surface area contributed by atoms with E-state index in [1.807, 2.05) is 0 Å². The highest BCUT2D eigenvalue weighted by Gasteiger charge is 2.28. The molecule has 0 bridgehead atoms. The number of anilines is 1. The van der Waals surface area contributed by atoms with E-state index in [1.54, 1.807) is 17.7 Å². The molecule has 0 aromatic carbocycles. The van der Waals surface area contributed by atoms with Crippen molar-refractivity contribution < 1.29 is 4.74 Å². The van der Waals surface area contributed by atoms with Crippen LogP contribution in [0.15, 0.2) is 12.4 Å². The number of ether oxygens (including phenoxy) is 1. The van der Waals surface area contributed by atoms with Crippen molar-refractivity contribution in [2.75, 3.05) is 18.0 Å². The van der Waals surface area contributed by atoms with Gasteiger partial charge in [-0.05, 0) is 32.8 Å². The number of pyridine rings is 1. The molecule has 0 saturated heterocycles. The molecular formula is C20H26N4OS. The summed E-state index contributed by atoms with van der Waals surface area (Å²) < 4.78 is 8.30. The van der Waals surface area contributed by atoms with E-state index in [1.165, 1.54) is 10.3 Å². The second kappa shape index (κ2) is 6.74. The Balaban J connectivity index is 1.88. The quantitative estimate of drug-likeness (QED) is 0.650. The fraction of sp³-hybridized carbons (Fsp3) is 0.550. The van der Waals surface area contributed by atoms with E-state index in [0.717, 1.165) is 59.6 Å². The van der Waals surface area contributed by atoms with E-state index < -0.39 is 0 Å². The van der Waals surface area contributed by atoms with Crippen molar-refractivity contribution in [2.24, 2.45) is 0 Å². The van der Waals surface area contributed by atoms with Crippen LogP contribution in [0.3, 0.4) is 0 Å². The van der Waals surface area contributed by atoms with Gasteiger partial charge in [-0.15, -0.1) is 11.3 Å². The lowest BCUT2D eigenvalue weighted by Gasteiger charge is -2.30. The minimum absolute atomic E-state index is 0.154. The second-order valence-corrected chi connectivity index (χ2v) is 8.68. The Morgan fingerprint density at radius 2 is 1.92 bits per heavy atom. The summed E-state index contributed by atoms with van der Waals surface area (Å²) in [7, 11) is 0. The Morgan fingerprint density at radius 1 is 1.15 bits per heavy atom. The summed E-state index contributed by atoms with van der Waals surface area (Å²) in [6, 6.07) is 2.24. The van der Waals surface area contributed by atoms with Crippen LogP contribution in [0.25, 0.3) is 20.4 Å². The molecule has 26 heavy (non-hydrogen) atoms. The highest BCUT2D eigenvalue weighted by atomic mass is 32.1. The van der Waals surface area contributed by atoms with Crippen LogP contribution in [0.5, 0.6) is 0 Å². The van der Waals surface area contributed by atoms with Gasteiger partial charge in [-0.25, -0.2) is 15.0 Å².